The number of carbonyl (C=O) groups is 3. The van der Waals surface area contributed by atoms with Crippen molar-refractivity contribution in [2.75, 3.05) is 13.2 Å². The highest BCUT2D eigenvalue weighted by Gasteiger charge is 2.19. The number of ether oxygens (including phenoxy) is 3. The van der Waals surface area contributed by atoms with Gasteiger partial charge in [0.25, 0.3) is 0 Å². The minimum atomic E-state index is -0.805. The molecule has 0 saturated heterocycles. The molecule has 348 valence electrons. The Morgan fingerprint density at radius 3 is 0.983 bits per heavy atom. The molecule has 0 fully saturated rings. The van der Waals surface area contributed by atoms with Gasteiger partial charge in [0.15, 0.2) is 6.10 Å². The summed E-state index contributed by atoms with van der Waals surface area (Å²) in [6, 6.07) is 0. The van der Waals surface area contributed by atoms with Crippen LogP contribution in [0.15, 0.2) is 48.6 Å². The van der Waals surface area contributed by atoms with E-state index < -0.39 is 6.10 Å². The summed E-state index contributed by atoms with van der Waals surface area (Å²) in [4.78, 5) is 37.9. The molecule has 1 unspecified atom stereocenters. The van der Waals surface area contributed by atoms with Gasteiger partial charge in [0.2, 0.25) is 0 Å². The van der Waals surface area contributed by atoms with Crippen LogP contribution >= 0.6 is 0 Å². The van der Waals surface area contributed by atoms with Crippen molar-refractivity contribution < 1.29 is 28.6 Å². The molecule has 0 bridgehead atoms. The Balaban J connectivity index is 4.41. The van der Waals surface area contributed by atoms with E-state index in [2.05, 4.69) is 57.2 Å². The van der Waals surface area contributed by atoms with Crippen molar-refractivity contribution in [3.8, 4) is 0 Å². The highest BCUT2D eigenvalue weighted by Crippen LogP contribution is 2.16. The first kappa shape index (κ1) is 57.4. The van der Waals surface area contributed by atoms with Gasteiger partial charge in [-0.3, -0.25) is 14.4 Å². The summed E-state index contributed by atoms with van der Waals surface area (Å²) in [5, 5.41) is 0. The summed E-state index contributed by atoms with van der Waals surface area (Å²) in [5.41, 5.74) is 0. The minimum absolute atomic E-state index is 0.0978. The highest BCUT2D eigenvalue weighted by atomic mass is 16.6. The molecule has 0 heterocycles. The van der Waals surface area contributed by atoms with E-state index in [1.165, 1.54) is 148 Å². The first-order chi connectivity index (χ1) is 29.5. The third kappa shape index (κ3) is 46.4. The van der Waals surface area contributed by atoms with E-state index >= 15 is 0 Å². The van der Waals surface area contributed by atoms with Crippen LogP contribution in [0.5, 0.6) is 0 Å². The maximum absolute atomic E-state index is 12.7. The second-order valence-corrected chi connectivity index (χ2v) is 17.1. The van der Waals surface area contributed by atoms with E-state index in [9.17, 15) is 14.4 Å². The quantitative estimate of drug-likeness (QED) is 0.0263. The Labute approximate surface area is 371 Å². The molecule has 6 heteroatoms. The summed E-state index contributed by atoms with van der Waals surface area (Å²) in [6.07, 6.45) is 58.2. The molecule has 0 aromatic carbocycles. The topological polar surface area (TPSA) is 78.9 Å². The van der Waals surface area contributed by atoms with E-state index in [0.717, 1.165) is 64.2 Å². The third-order valence-corrected chi connectivity index (χ3v) is 11.1. The Morgan fingerprint density at radius 1 is 0.350 bits per heavy atom. The van der Waals surface area contributed by atoms with Gasteiger partial charge < -0.3 is 14.2 Å². The molecule has 0 aliphatic carbocycles. The van der Waals surface area contributed by atoms with Crippen LogP contribution in [0.25, 0.3) is 0 Å². The lowest BCUT2D eigenvalue weighted by atomic mass is 10.0. The normalized spacial score (nSPS) is 12.4. The van der Waals surface area contributed by atoms with Gasteiger partial charge in [0, 0.05) is 19.3 Å². The summed E-state index contributed by atoms with van der Waals surface area (Å²) in [7, 11) is 0. The molecule has 0 aromatic heterocycles. The number of unbranched alkanes of at least 4 members (excludes halogenated alkanes) is 27. The van der Waals surface area contributed by atoms with Crippen LogP contribution in [0.2, 0.25) is 0 Å². The van der Waals surface area contributed by atoms with Crippen LogP contribution in [-0.4, -0.2) is 37.2 Å². The van der Waals surface area contributed by atoms with E-state index in [4.69, 9.17) is 14.2 Å². The Hall–Kier alpha value is -2.63. The van der Waals surface area contributed by atoms with Crippen LogP contribution in [0.4, 0.5) is 0 Å². The molecular formula is C54H96O6. The van der Waals surface area contributed by atoms with Gasteiger partial charge in [-0.15, -0.1) is 0 Å². The second-order valence-electron chi connectivity index (χ2n) is 17.1. The monoisotopic (exact) mass is 841 g/mol. The molecule has 0 aliphatic rings. The maximum atomic E-state index is 12.7. The fourth-order valence-electron chi connectivity index (χ4n) is 7.28. The molecule has 6 nitrogen and oxygen atoms in total. The number of hydrogen-bond acceptors (Lipinski definition) is 6. The zero-order valence-electron chi connectivity index (χ0n) is 39.7. The Kier molecular flexibility index (Phi) is 46.9. The molecule has 0 aromatic rings. The molecule has 60 heavy (non-hydrogen) atoms. The van der Waals surface area contributed by atoms with Crippen LogP contribution in [0.3, 0.4) is 0 Å². The van der Waals surface area contributed by atoms with Gasteiger partial charge in [-0.1, -0.05) is 243 Å². The van der Waals surface area contributed by atoms with E-state index in [0.29, 0.717) is 19.3 Å². The van der Waals surface area contributed by atoms with Crippen molar-refractivity contribution >= 4 is 17.9 Å². The average Bonchev–Trinajstić information content (AvgIpc) is 3.24. The third-order valence-electron chi connectivity index (χ3n) is 11.1. The fraction of sp³-hybridized carbons (Fsp3) is 0.796. The maximum Gasteiger partial charge on any atom is 0.306 e. The lowest BCUT2D eigenvalue weighted by Gasteiger charge is -2.18. The number of carbonyl (C=O) groups excluding carboxylic acids is 3. The van der Waals surface area contributed by atoms with E-state index in [1.807, 2.05) is 12.2 Å². The number of esters is 3. The highest BCUT2D eigenvalue weighted by molar-refractivity contribution is 5.71. The molecule has 0 saturated carbocycles. The molecule has 0 rings (SSSR count). The lowest BCUT2D eigenvalue weighted by molar-refractivity contribution is -0.166. The molecule has 0 aliphatic heterocycles. The zero-order chi connectivity index (χ0) is 43.7. The predicted molar refractivity (Wildman–Crippen MR) is 256 cm³/mol. The van der Waals surface area contributed by atoms with Crippen LogP contribution in [-0.2, 0) is 28.6 Å². The van der Waals surface area contributed by atoms with Gasteiger partial charge in [-0.2, -0.15) is 0 Å². The summed E-state index contributed by atoms with van der Waals surface area (Å²) in [5.74, 6) is -0.971. The number of rotatable bonds is 46. The van der Waals surface area contributed by atoms with Gasteiger partial charge in [0.05, 0.1) is 0 Å². The molecule has 0 radical (unpaired) electrons. The van der Waals surface area contributed by atoms with Crippen molar-refractivity contribution in [2.45, 2.75) is 264 Å². The average molecular weight is 841 g/mol. The first-order valence-corrected chi connectivity index (χ1v) is 25.6. The van der Waals surface area contributed by atoms with E-state index in [1.54, 1.807) is 0 Å². The van der Waals surface area contributed by atoms with Gasteiger partial charge in [0.1, 0.15) is 13.2 Å². The summed E-state index contributed by atoms with van der Waals surface area (Å²) in [6.45, 7) is 6.48. The Bertz CT molecular complexity index is 1060. The lowest BCUT2D eigenvalue weighted by Crippen LogP contribution is -2.30. The van der Waals surface area contributed by atoms with Crippen LogP contribution in [0, 0.1) is 0 Å². The van der Waals surface area contributed by atoms with Crippen molar-refractivity contribution in [3.05, 3.63) is 48.6 Å². The van der Waals surface area contributed by atoms with Gasteiger partial charge in [-0.25, -0.2) is 0 Å². The Morgan fingerprint density at radius 2 is 0.650 bits per heavy atom. The molecular weight excluding hydrogens is 745 g/mol. The van der Waals surface area contributed by atoms with Crippen molar-refractivity contribution in [1.29, 1.82) is 0 Å². The molecule has 0 spiro atoms. The van der Waals surface area contributed by atoms with Crippen LogP contribution < -0.4 is 0 Å². The van der Waals surface area contributed by atoms with Crippen molar-refractivity contribution in [1.82, 2.24) is 0 Å². The minimum Gasteiger partial charge on any atom is -0.462 e. The molecule has 1 atom stereocenters. The largest absolute Gasteiger partial charge is 0.462 e. The standard InChI is InChI=1S/C54H96O6/c1-4-7-10-13-16-19-22-25-26-27-30-32-35-38-41-44-47-53(56)59-50-51(60-54(57)48-45-42-39-36-33-29-24-21-18-15-12-9-6-3)49-58-52(55)46-43-40-37-34-31-28-23-20-17-14-11-8-5-2/h9,12,18,21,29,33,39,42,51H,4-8,10-11,13-17,19-20,22-28,30-32,34-38,40-41,43-50H2,1-3H3/b12-9-,21-18-,33-29-,42-39-. The van der Waals surface area contributed by atoms with Crippen molar-refractivity contribution in [3.63, 3.8) is 0 Å². The second kappa shape index (κ2) is 49.0. The van der Waals surface area contributed by atoms with Crippen LogP contribution in [0.1, 0.15) is 258 Å². The van der Waals surface area contributed by atoms with Gasteiger partial charge >= 0.3 is 17.9 Å². The number of allylic oxidation sites excluding steroid dienone is 8. The smallest absolute Gasteiger partial charge is 0.306 e. The molecule has 0 N–H and O–H groups in total. The SMILES string of the molecule is CC/C=C\C/C=C\C/C=C\C/C=C\CCC(=O)OC(COC(=O)CCCCCCCCCCCCCCC)COC(=O)CCCCCCCCCCCCCCCCCC. The van der Waals surface area contributed by atoms with E-state index in [-0.39, 0.29) is 37.5 Å². The zero-order valence-corrected chi connectivity index (χ0v) is 39.7. The number of hydrogen-bond donors (Lipinski definition) is 0. The van der Waals surface area contributed by atoms with Crippen molar-refractivity contribution in [2.24, 2.45) is 0 Å². The first-order valence-electron chi connectivity index (χ1n) is 25.6. The summed E-state index contributed by atoms with van der Waals surface area (Å²) >= 11 is 0. The predicted octanol–water partition coefficient (Wildman–Crippen LogP) is 16.7. The summed E-state index contributed by atoms with van der Waals surface area (Å²) < 4.78 is 16.7. The van der Waals surface area contributed by atoms with Gasteiger partial charge in [-0.05, 0) is 44.9 Å². The molecule has 0 amide bonds. The fourth-order valence-corrected chi connectivity index (χ4v) is 7.28.